The molecule has 0 fully saturated rings. The van der Waals surface area contributed by atoms with Crippen LogP contribution in [0.5, 0.6) is 0 Å². The van der Waals surface area contributed by atoms with E-state index in [1.54, 1.807) is 11.8 Å². The fourth-order valence-corrected chi connectivity index (χ4v) is 7.50. The zero-order valence-electron chi connectivity index (χ0n) is 20.4. The van der Waals surface area contributed by atoms with E-state index in [-0.39, 0.29) is 28.5 Å². The number of urea groups is 1. The van der Waals surface area contributed by atoms with E-state index in [0.29, 0.717) is 10.8 Å². The maximum absolute atomic E-state index is 13.6. The van der Waals surface area contributed by atoms with Gasteiger partial charge in [-0.25, -0.2) is 9.78 Å². The van der Waals surface area contributed by atoms with Gasteiger partial charge in [-0.05, 0) is 49.4 Å². The summed E-state index contributed by atoms with van der Waals surface area (Å²) >= 11 is 4.68. The summed E-state index contributed by atoms with van der Waals surface area (Å²) in [5.41, 5.74) is 2.46. The molecule has 1 aliphatic heterocycles. The first-order chi connectivity index (χ1) is 18.5. The molecule has 9 heteroatoms. The quantitative estimate of drug-likeness (QED) is 0.250. The van der Waals surface area contributed by atoms with E-state index in [1.807, 2.05) is 90.7 Å². The van der Waals surface area contributed by atoms with Gasteiger partial charge in [0.2, 0.25) is 5.91 Å². The van der Waals surface area contributed by atoms with E-state index in [0.717, 1.165) is 25.7 Å². The second-order valence-electron chi connectivity index (χ2n) is 8.87. The summed E-state index contributed by atoms with van der Waals surface area (Å²) in [6, 6.07) is 23.2. The molecule has 0 bridgehead atoms. The monoisotopic (exact) mass is 556 g/mol. The minimum Gasteiger partial charge on any atom is -0.307 e. The van der Waals surface area contributed by atoms with Crippen molar-refractivity contribution in [3.05, 3.63) is 97.1 Å². The van der Waals surface area contributed by atoms with Crippen molar-refractivity contribution in [2.24, 2.45) is 0 Å². The van der Waals surface area contributed by atoms with Crippen LogP contribution in [0, 0.1) is 0 Å². The van der Waals surface area contributed by atoms with E-state index in [4.69, 9.17) is 0 Å². The molecule has 1 aromatic heterocycles. The van der Waals surface area contributed by atoms with Crippen molar-refractivity contribution in [3.63, 3.8) is 0 Å². The number of hydrogen-bond donors (Lipinski definition) is 2. The van der Waals surface area contributed by atoms with Crippen molar-refractivity contribution in [2.45, 2.75) is 33.3 Å². The lowest BCUT2D eigenvalue weighted by Crippen LogP contribution is -2.49. The summed E-state index contributed by atoms with van der Waals surface area (Å²) in [4.78, 5) is 34.7. The fraction of sp³-hybridized carbons (Fsp3) is 0.138. The van der Waals surface area contributed by atoms with E-state index in [2.05, 4.69) is 33.8 Å². The molecular formula is C29H24N4O2S3. The maximum atomic E-state index is 13.6. The predicted molar refractivity (Wildman–Crippen MR) is 160 cm³/mol. The van der Waals surface area contributed by atoms with E-state index < -0.39 is 0 Å². The molecule has 0 radical (unpaired) electrons. The van der Waals surface area contributed by atoms with Crippen LogP contribution in [0.25, 0.3) is 10.2 Å². The highest BCUT2D eigenvalue weighted by atomic mass is 32.2. The normalized spacial score (nSPS) is 18.5. The molecule has 3 unspecified atom stereocenters. The molecule has 2 N–H and O–H groups in total. The average molecular weight is 557 g/mol. The zero-order valence-corrected chi connectivity index (χ0v) is 22.9. The third-order valence-electron chi connectivity index (χ3n) is 6.25. The molecule has 1 aliphatic carbocycles. The van der Waals surface area contributed by atoms with Crippen LogP contribution in [-0.4, -0.2) is 33.5 Å². The number of carbonyl (C=O) groups is 2. The molecule has 190 valence electrons. The topological polar surface area (TPSA) is 74.3 Å². The highest BCUT2D eigenvalue weighted by molar-refractivity contribution is 8.00. The molecule has 0 spiro atoms. The van der Waals surface area contributed by atoms with Crippen LogP contribution < -0.4 is 15.5 Å². The Morgan fingerprint density at radius 3 is 2.68 bits per heavy atom. The second kappa shape index (κ2) is 10.7. The van der Waals surface area contributed by atoms with Gasteiger partial charge in [-0.3, -0.25) is 9.69 Å². The molecule has 0 saturated heterocycles. The molecule has 3 atom stereocenters. The van der Waals surface area contributed by atoms with E-state index >= 15 is 0 Å². The number of thiazole rings is 1. The fourth-order valence-electron chi connectivity index (χ4n) is 4.45. The number of fused-ring (bicyclic) bond motifs is 3. The highest BCUT2D eigenvalue weighted by Gasteiger charge is 2.36. The molecule has 3 aromatic carbocycles. The van der Waals surface area contributed by atoms with Gasteiger partial charge in [-0.1, -0.05) is 66.0 Å². The van der Waals surface area contributed by atoms with Gasteiger partial charge in [-0.2, -0.15) is 0 Å². The summed E-state index contributed by atoms with van der Waals surface area (Å²) < 4.78 is 1.03. The number of hydrogen-bond acceptors (Lipinski definition) is 6. The van der Waals surface area contributed by atoms with Gasteiger partial charge in [0, 0.05) is 15.5 Å². The lowest BCUT2D eigenvalue weighted by Gasteiger charge is -2.40. The number of para-hydroxylation sites is 2. The highest BCUT2D eigenvalue weighted by Crippen LogP contribution is 2.43. The standard InChI is InChI=1S/C29H24N4O2S3/c1-18(27(34)32-28-31-21-11-2-5-14-24(21)38-28)36-20-10-8-9-19(17-20)30-29(35)33-22-12-3-6-15-25(22)37-26-16-7-4-13-23(26)33/h2-18,22,25H,1H3,(H,30,35)(H,31,32,34). The van der Waals surface area contributed by atoms with Crippen LogP contribution in [0.3, 0.4) is 0 Å². The average Bonchev–Trinajstić information content (AvgIpc) is 3.34. The number of anilines is 3. The lowest BCUT2D eigenvalue weighted by molar-refractivity contribution is -0.115. The van der Waals surface area contributed by atoms with Crippen LogP contribution in [0.2, 0.25) is 0 Å². The minimum absolute atomic E-state index is 0.0660. The smallest absolute Gasteiger partial charge is 0.307 e. The number of carbonyl (C=O) groups excluding carboxylic acids is 2. The van der Waals surface area contributed by atoms with Crippen molar-refractivity contribution in [1.29, 1.82) is 0 Å². The van der Waals surface area contributed by atoms with Gasteiger partial charge < -0.3 is 10.6 Å². The van der Waals surface area contributed by atoms with Crippen molar-refractivity contribution >= 4 is 73.5 Å². The van der Waals surface area contributed by atoms with Crippen LogP contribution >= 0.6 is 34.9 Å². The number of aromatic nitrogens is 1. The SMILES string of the molecule is CC(Sc1cccc(NC(=O)N2c3ccccc3SC3C=CC=CC32)c1)C(=O)Nc1nc2ccccc2s1. The van der Waals surface area contributed by atoms with Crippen LogP contribution in [-0.2, 0) is 4.79 Å². The summed E-state index contributed by atoms with van der Waals surface area (Å²) in [6.45, 7) is 1.87. The maximum Gasteiger partial charge on any atom is 0.326 e. The summed E-state index contributed by atoms with van der Waals surface area (Å²) in [7, 11) is 0. The molecule has 3 amide bonds. The zero-order chi connectivity index (χ0) is 26.1. The van der Waals surface area contributed by atoms with Crippen molar-refractivity contribution in [1.82, 2.24) is 4.98 Å². The van der Waals surface area contributed by atoms with E-state index in [9.17, 15) is 9.59 Å². The van der Waals surface area contributed by atoms with Gasteiger partial charge >= 0.3 is 6.03 Å². The predicted octanol–water partition coefficient (Wildman–Crippen LogP) is 7.42. The van der Waals surface area contributed by atoms with Gasteiger partial charge in [0.05, 0.1) is 32.4 Å². The Morgan fingerprint density at radius 2 is 1.79 bits per heavy atom. The first kappa shape index (κ1) is 24.8. The third-order valence-corrected chi connectivity index (χ3v) is 9.61. The number of benzene rings is 3. The Labute approximate surface area is 233 Å². The van der Waals surface area contributed by atoms with Gasteiger partial charge in [0.25, 0.3) is 0 Å². The number of nitrogens with zero attached hydrogens (tertiary/aromatic N) is 2. The summed E-state index contributed by atoms with van der Waals surface area (Å²) in [5.74, 6) is -0.117. The number of rotatable bonds is 5. The Bertz CT molecular complexity index is 1550. The van der Waals surface area contributed by atoms with Gasteiger partial charge in [0.15, 0.2) is 5.13 Å². The van der Waals surface area contributed by atoms with Crippen LogP contribution in [0.1, 0.15) is 6.92 Å². The number of thioether (sulfide) groups is 2. The first-order valence-electron chi connectivity index (χ1n) is 12.2. The minimum atomic E-state index is -0.348. The molecule has 2 heterocycles. The number of allylic oxidation sites excluding steroid dienone is 2. The Balaban J connectivity index is 1.14. The first-order valence-corrected chi connectivity index (χ1v) is 14.8. The van der Waals surface area contributed by atoms with E-state index in [1.165, 1.54) is 23.1 Å². The molecule has 38 heavy (non-hydrogen) atoms. The summed E-state index contributed by atoms with van der Waals surface area (Å²) in [6.07, 6.45) is 8.25. The van der Waals surface area contributed by atoms with Crippen LogP contribution in [0.15, 0.2) is 107 Å². The Kier molecular flexibility index (Phi) is 6.97. The van der Waals surface area contributed by atoms with Crippen molar-refractivity contribution in [3.8, 4) is 0 Å². The van der Waals surface area contributed by atoms with Crippen molar-refractivity contribution in [2.75, 3.05) is 15.5 Å². The van der Waals surface area contributed by atoms with Gasteiger partial charge in [0.1, 0.15) is 0 Å². The molecule has 2 aliphatic rings. The summed E-state index contributed by atoms with van der Waals surface area (Å²) in [5, 5.41) is 6.42. The second-order valence-corrected chi connectivity index (χ2v) is 12.5. The third kappa shape index (κ3) is 5.09. The molecule has 6 rings (SSSR count). The van der Waals surface area contributed by atoms with Crippen LogP contribution in [0.4, 0.5) is 21.3 Å². The molecular weight excluding hydrogens is 533 g/mol. The molecule has 6 nitrogen and oxygen atoms in total. The molecule has 0 saturated carbocycles. The number of nitrogens with one attached hydrogen (secondary N) is 2. The largest absolute Gasteiger partial charge is 0.326 e. The number of amides is 3. The van der Waals surface area contributed by atoms with Gasteiger partial charge in [-0.15, -0.1) is 23.5 Å². The molecule has 4 aromatic rings. The Hall–Kier alpha value is -3.53. The van der Waals surface area contributed by atoms with Crippen molar-refractivity contribution < 1.29 is 9.59 Å². The Morgan fingerprint density at radius 1 is 0.974 bits per heavy atom. The lowest BCUT2D eigenvalue weighted by atomic mass is 10.1.